The molecule has 0 bridgehead atoms. The molecule has 2 rings (SSSR count). The molecule has 0 atom stereocenters. The van der Waals surface area contributed by atoms with Crippen molar-refractivity contribution in [1.29, 1.82) is 0 Å². The van der Waals surface area contributed by atoms with Gasteiger partial charge in [-0.3, -0.25) is 4.79 Å². The van der Waals surface area contributed by atoms with Crippen LogP contribution in [0.1, 0.15) is 26.5 Å². The van der Waals surface area contributed by atoms with Crippen LogP contribution in [0.4, 0.5) is 0 Å². The number of nitrogens with zero attached hydrogens (tertiary/aromatic N) is 1. The Morgan fingerprint density at radius 3 is 2.37 bits per heavy atom. The quantitative estimate of drug-likeness (QED) is 0.636. The predicted octanol–water partition coefficient (Wildman–Crippen LogP) is 2.82. The van der Waals surface area contributed by atoms with E-state index in [2.05, 4.69) is 4.98 Å². The molecule has 0 aliphatic rings. The summed E-state index contributed by atoms with van der Waals surface area (Å²) in [4.78, 5) is 26.5. The van der Waals surface area contributed by atoms with E-state index in [0.29, 0.717) is 0 Å². The molecule has 0 saturated heterocycles. The monoisotopic (exact) mass is 275 g/mol. The molecule has 0 aliphatic carbocycles. The van der Waals surface area contributed by atoms with E-state index < -0.39 is 11.2 Å². The number of carbonyl (C=O) groups is 2. The van der Waals surface area contributed by atoms with Crippen molar-refractivity contribution in [3.05, 3.63) is 65.5 Å². The summed E-state index contributed by atoms with van der Waals surface area (Å²) in [6.45, 7) is 0.153. The molecule has 5 heteroatoms. The summed E-state index contributed by atoms with van der Waals surface area (Å²) in [5, 5.41) is -0.710. The lowest BCUT2D eigenvalue weighted by atomic mass is 10.2. The highest BCUT2D eigenvalue weighted by molar-refractivity contribution is 6.67. The number of hydrogen-bond donors (Lipinski definition) is 0. The lowest BCUT2D eigenvalue weighted by Crippen LogP contribution is -2.09. The molecule has 0 radical (unpaired) electrons. The maximum absolute atomic E-state index is 11.8. The Morgan fingerprint density at radius 2 is 1.68 bits per heavy atom. The summed E-state index contributed by atoms with van der Waals surface area (Å²) in [7, 11) is 0. The third-order valence-corrected chi connectivity index (χ3v) is 2.57. The van der Waals surface area contributed by atoms with Crippen molar-refractivity contribution < 1.29 is 14.3 Å². The Labute approximate surface area is 115 Å². The van der Waals surface area contributed by atoms with E-state index in [0.717, 1.165) is 5.56 Å². The number of benzene rings is 1. The smallest absolute Gasteiger partial charge is 0.357 e. The lowest BCUT2D eigenvalue weighted by molar-refractivity contribution is 0.0465. The molecular weight excluding hydrogens is 266 g/mol. The van der Waals surface area contributed by atoms with Gasteiger partial charge in [-0.2, -0.15) is 0 Å². The fourth-order valence-corrected chi connectivity index (χ4v) is 1.56. The van der Waals surface area contributed by atoms with Crippen LogP contribution in [0.25, 0.3) is 0 Å². The van der Waals surface area contributed by atoms with Gasteiger partial charge in [-0.25, -0.2) is 9.78 Å². The van der Waals surface area contributed by atoms with Crippen LogP contribution in [0, 0.1) is 0 Å². The van der Waals surface area contributed by atoms with E-state index in [1.165, 1.54) is 18.2 Å². The Kier molecular flexibility index (Phi) is 4.26. The van der Waals surface area contributed by atoms with Crippen molar-refractivity contribution in [1.82, 2.24) is 4.98 Å². The van der Waals surface area contributed by atoms with Crippen LogP contribution >= 0.6 is 11.6 Å². The number of pyridine rings is 1. The fraction of sp³-hybridized carbons (Fsp3) is 0.0714. The average Bonchev–Trinajstić information content (AvgIpc) is 2.46. The van der Waals surface area contributed by atoms with E-state index in [1.807, 2.05) is 30.3 Å². The number of rotatable bonds is 4. The van der Waals surface area contributed by atoms with Gasteiger partial charge < -0.3 is 4.74 Å². The molecule has 4 nitrogen and oxygen atoms in total. The van der Waals surface area contributed by atoms with Crippen LogP contribution in [0.15, 0.2) is 48.5 Å². The van der Waals surface area contributed by atoms with Crippen molar-refractivity contribution in [2.24, 2.45) is 0 Å². The van der Waals surface area contributed by atoms with Gasteiger partial charge in [0.15, 0.2) is 0 Å². The molecule has 0 aliphatic heterocycles. The maximum atomic E-state index is 11.8. The minimum Gasteiger partial charge on any atom is -0.456 e. The molecule has 0 saturated carbocycles. The van der Waals surface area contributed by atoms with Gasteiger partial charge in [0, 0.05) is 0 Å². The Hall–Kier alpha value is -2.20. The van der Waals surface area contributed by atoms with Gasteiger partial charge >= 0.3 is 5.97 Å². The van der Waals surface area contributed by atoms with Gasteiger partial charge in [0.25, 0.3) is 5.24 Å². The highest BCUT2D eigenvalue weighted by atomic mass is 35.5. The number of halogens is 1. The SMILES string of the molecule is O=C(Cl)c1cccc(C(=O)OCc2ccccc2)n1. The molecule has 0 N–H and O–H groups in total. The van der Waals surface area contributed by atoms with Crippen molar-refractivity contribution in [2.45, 2.75) is 6.61 Å². The van der Waals surface area contributed by atoms with E-state index >= 15 is 0 Å². The minimum absolute atomic E-state index is 0.0239. The van der Waals surface area contributed by atoms with Gasteiger partial charge in [-0.15, -0.1) is 0 Å². The summed E-state index contributed by atoms with van der Waals surface area (Å²) in [5.74, 6) is -0.594. The van der Waals surface area contributed by atoms with Crippen molar-refractivity contribution in [3.63, 3.8) is 0 Å². The number of ether oxygens (including phenoxy) is 1. The standard InChI is InChI=1S/C14H10ClNO3/c15-13(17)11-7-4-8-12(16-11)14(18)19-9-10-5-2-1-3-6-10/h1-8H,9H2. The number of hydrogen-bond acceptors (Lipinski definition) is 4. The van der Waals surface area contributed by atoms with Crippen molar-refractivity contribution >= 4 is 22.8 Å². The normalized spacial score (nSPS) is 9.95. The second-order valence-electron chi connectivity index (χ2n) is 3.74. The van der Waals surface area contributed by atoms with E-state index in [-0.39, 0.29) is 18.0 Å². The van der Waals surface area contributed by atoms with Crippen LogP contribution in [-0.2, 0) is 11.3 Å². The van der Waals surface area contributed by atoms with Gasteiger partial charge in [0.2, 0.25) is 0 Å². The average molecular weight is 276 g/mol. The zero-order valence-corrected chi connectivity index (χ0v) is 10.6. The molecule has 0 spiro atoms. The fourth-order valence-electron chi connectivity index (χ4n) is 1.45. The van der Waals surface area contributed by atoms with E-state index in [4.69, 9.17) is 16.3 Å². The second-order valence-corrected chi connectivity index (χ2v) is 4.09. The molecule has 0 fully saturated rings. The lowest BCUT2D eigenvalue weighted by Gasteiger charge is -2.04. The summed E-state index contributed by atoms with van der Waals surface area (Å²) in [5.41, 5.74) is 0.957. The third kappa shape index (κ3) is 3.63. The van der Waals surface area contributed by atoms with Crippen LogP contribution in [0.3, 0.4) is 0 Å². The molecule has 96 valence electrons. The summed E-state index contributed by atoms with van der Waals surface area (Å²) in [6.07, 6.45) is 0. The molecular formula is C14H10ClNO3. The Balaban J connectivity index is 2.04. The molecule has 1 heterocycles. The Bertz CT molecular complexity index is 599. The van der Waals surface area contributed by atoms with Crippen LogP contribution in [0.2, 0.25) is 0 Å². The van der Waals surface area contributed by atoms with Crippen molar-refractivity contribution in [3.8, 4) is 0 Å². The van der Waals surface area contributed by atoms with Crippen molar-refractivity contribution in [2.75, 3.05) is 0 Å². The van der Waals surface area contributed by atoms with Gasteiger partial charge in [0.05, 0.1) is 0 Å². The van der Waals surface area contributed by atoms with Crippen LogP contribution in [0.5, 0.6) is 0 Å². The summed E-state index contributed by atoms with van der Waals surface area (Å²) >= 11 is 5.30. The van der Waals surface area contributed by atoms with E-state index in [1.54, 1.807) is 0 Å². The van der Waals surface area contributed by atoms with Gasteiger partial charge in [-0.1, -0.05) is 36.4 Å². The maximum Gasteiger partial charge on any atom is 0.357 e. The predicted molar refractivity (Wildman–Crippen MR) is 70.0 cm³/mol. The highest BCUT2D eigenvalue weighted by Gasteiger charge is 2.12. The van der Waals surface area contributed by atoms with Crippen LogP contribution < -0.4 is 0 Å². The van der Waals surface area contributed by atoms with E-state index in [9.17, 15) is 9.59 Å². The molecule has 2 aromatic rings. The third-order valence-electron chi connectivity index (χ3n) is 2.37. The highest BCUT2D eigenvalue weighted by Crippen LogP contribution is 2.07. The zero-order chi connectivity index (χ0) is 13.7. The second kappa shape index (κ2) is 6.11. The summed E-state index contributed by atoms with van der Waals surface area (Å²) < 4.78 is 5.09. The number of carbonyl (C=O) groups excluding carboxylic acids is 2. The number of esters is 1. The molecule has 0 amide bonds. The first-order chi connectivity index (χ1) is 9.16. The van der Waals surface area contributed by atoms with Gasteiger partial charge in [0.1, 0.15) is 18.0 Å². The van der Waals surface area contributed by atoms with Gasteiger partial charge in [-0.05, 0) is 29.3 Å². The molecule has 0 unspecified atom stereocenters. The number of aromatic nitrogens is 1. The molecule has 19 heavy (non-hydrogen) atoms. The molecule has 1 aromatic carbocycles. The van der Waals surface area contributed by atoms with Crippen LogP contribution in [-0.4, -0.2) is 16.2 Å². The topological polar surface area (TPSA) is 56.3 Å². The first-order valence-electron chi connectivity index (χ1n) is 5.55. The Morgan fingerprint density at radius 1 is 1.00 bits per heavy atom. The molecule has 1 aromatic heterocycles. The summed E-state index contributed by atoms with van der Waals surface area (Å²) in [6, 6.07) is 13.7. The first-order valence-corrected chi connectivity index (χ1v) is 5.92. The largest absolute Gasteiger partial charge is 0.456 e. The zero-order valence-electron chi connectivity index (χ0n) is 9.88. The minimum atomic E-state index is -0.710. The first kappa shape index (κ1) is 13.2.